The molecule has 2 aromatic rings. The van der Waals surface area contributed by atoms with E-state index >= 15 is 0 Å². The molecule has 21 heavy (non-hydrogen) atoms. The minimum absolute atomic E-state index is 0.0377. The quantitative estimate of drug-likeness (QED) is 0.926. The number of hydrogen-bond donors (Lipinski definition) is 1. The summed E-state index contributed by atoms with van der Waals surface area (Å²) in [5, 5.41) is 3.32. The lowest BCUT2D eigenvalue weighted by Crippen LogP contribution is -2.35. The molecule has 108 valence electrons. The highest BCUT2D eigenvalue weighted by atomic mass is 32.1. The molecule has 1 aliphatic heterocycles. The topological polar surface area (TPSA) is 62.3 Å². The third-order valence-corrected chi connectivity index (χ3v) is 4.32. The van der Waals surface area contributed by atoms with E-state index in [0.29, 0.717) is 23.8 Å². The zero-order valence-electron chi connectivity index (χ0n) is 11.6. The molecule has 1 aromatic carbocycles. The van der Waals surface area contributed by atoms with Gasteiger partial charge >= 0.3 is 0 Å². The molecule has 3 rings (SSSR count). The van der Waals surface area contributed by atoms with Gasteiger partial charge in [-0.3, -0.25) is 9.59 Å². The zero-order chi connectivity index (χ0) is 14.8. The van der Waals surface area contributed by atoms with Crippen LogP contribution in [0.3, 0.4) is 0 Å². The van der Waals surface area contributed by atoms with Crippen molar-refractivity contribution in [3.63, 3.8) is 0 Å². The third kappa shape index (κ3) is 2.95. The number of rotatable bonds is 2. The fourth-order valence-electron chi connectivity index (χ4n) is 2.34. The number of benzene rings is 1. The second-order valence-electron chi connectivity index (χ2n) is 4.91. The van der Waals surface area contributed by atoms with E-state index in [0.717, 1.165) is 17.0 Å². The molecule has 1 aliphatic rings. The van der Waals surface area contributed by atoms with E-state index in [1.54, 1.807) is 0 Å². The molecule has 0 aliphatic carbocycles. The van der Waals surface area contributed by atoms with Crippen molar-refractivity contribution in [3.05, 3.63) is 46.5 Å². The van der Waals surface area contributed by atoms with Crippen molar-refractivity contribution >= 4 is 28.3 Å². The fraction of sp³-hybridized carbons (Fsp3) is 0.267. The van der Waals surface area contributed by atoms with Crippen LogP contribution in [0.1, 0.15) is 27.9 Å². The van der Waals surface area contributed by atoms with Gasteiger partial charge in [0.05, 0.1) is 12.2 Å². The van der Waals surface area contributed by atoms with Crippen molar-refractivity contribution in [1.29, 1.82) is 0 Å². The van der Waals surface area contributed by atoms with Crippen LogP contribution in [0.25, 0.3) is 0 Å². The Kier molecular flexibility index (Phi) is 3.70. The summed E-state index contributed by atoms with van der Waals surface area (Å²) in [6.07, 6.45) is 0.726. The summed E-state index contributed by atoms with van der Waals surface area (Å²) in [7, 11) is 0. The van der Waals surface area contributed by atoms with Crippen LogP contribution >= 0.6 is 11.3 Å². The first-order chi connectivity index (χ1) is 10.1. The Morgan fingerprint density at radius 2 is 2.05 bits per heavy atom. The Morgan fingerprint density at radius 3 is 2.76 bits per heavy atom. The van der Waals surface area contributed by atoms with E-state index in [-0.39, 0.29) is 11.8 Å². The van der Waals surface area contributed by atoms with Crippen molar-refractivity contribution in [2.24, 2.45) is 0 Å². The molecule has 6 heteroatoms. The molecular weight excluding hydrogens is 286 g/mol. The van der Waals surface area contributed by atoms with Crippen LogP contribution in [0.2, 0.25) is 0 Å². The lowest BCUT2D eigenvalue weighted by molar-refractivity contribution is -0.114. The van der Waals surface area contributed by atoms with E-state index in [4.69, 9.17) is 0 Å². The van der Waals surface area contributed by atoms with Crippen LogP contribution in [0.15, 0.2) is 30.3 Å². The molecule has 0 fully saturated rings. The molecular formula is C15H15N3O2S. The third-order valence-electron chi connectivity index (χ3n) is 3.32. The smallest absolute Gasteiger partial charge is 0.254 e. The highest BCUT2D eigenvalue weighted by Gasteiger charge is 2.24. The molecule has 0 unspecified atom stereocenters. The summed E-state index contributed by atoms with van der Waals surface area (Å²) >= 11 is 1.44. The Labute approximate surface area is 126 Å². The molecule has 0 spiro atoms. The average Bonchev–Trinajstić information content (AvgIpc) is 2.87. The Balaban J connectivity index is 1.76. The second-order valence-corrected chi connectivity index (χ2v) is 6.00. The highest BCUT2D eigenvalue weighted by molar-refractivity contribution is 7.15. The Bertz CT molecular complexity index is 681. The van der Waals surface area contributed by atoms with Crippen molar-refractivity contribution in [1.82, 2.24) is 9.88 Å². The molecule has 0 bridgehead atoms. The van der Waals surface area contributed by atoms with Gasteiger partial charge in [0.25, 0.3) is 5.91 Å². The van der Waals surface area contributed by atoms with Gasteiger partial charge < -0.3 is 10.2 Å². The number of nitrogens with zero attached hydrogens (tertiary/aromatic N) is 2. The summed E-state index contributed by atoms with van der Waals surface area (Å²) in [5.41, 5.74) is 1.69. The van der Waals surface area contributed by atoms with Crippen LogP contribution in [-0.2, 0) is 17.8 Å². The maximum absolute atomic E-state index is 12.4. The van der Waals surface area contributed by atoms with Crippen molar-refractivity contribution in [2.75, 3.05) is 11.9 Å². The number of aromatic nitrogens is 1. The number of thiazole rings is 1. The monoisotopic (exact) mass is 301 g/mol. The number of nitrogens with one attached hydrogen (secondary N) is 1. The van der Waals surface area contributed by atoms with Gasteiger partial charge in [-0.1, -0.05) is 29.5 Å². The highest BCUT2D eigenvalue weighted by Crippen LogP contribution is 2.28. The van der Waals surface area contributed by atoms with E-state index in [2.05, 4.69) is 10.3 Å². The van der Waals surface area contributed by atoms with Crippen molar-refractivity contribution in [2.45, 2.75) is 19.9 Å². The molecule has 0 radical (unpaired) electrons. The minimum Gasteiger partial charge on any atom is -0.333 e. The van der Waals surface area contributed by atoms with Gasteiger partial charge in [-0.15, -0.1) is 0 Å². The van der Waals surface area contributed by atoms with Gasteiger partial charge in [0.15, 0.2) is 5.13 Å². The Hall–Kier alpha value is -2.21. The number of anilines is 1. The van der Waals surface area contributed by atoms with Crippen LogP contribution in [0, 0.1) is 0 Å². The van der Waals surface area contributed by atoms with Gasteiger partial charge in [0, 0.05) is 30.3 Å². The van der Waals surface area contributed by atoms with Gasteiger partial charge in [0.2, 0.25) is 5.91 Å². The lowest BCUT2D eigenvalue weighted by Gasteiger charge is -2.26. The molecule has 1 aromatic heterocycles. The zero-order valence-corrected chi connectivity index (χ0v) is 12.4. The molecule has 2 heterocycles. The van der Waals surface area contributed by atoms with Crippen LogP contribution < -0.4 is 5.32 Å². The predicted octanol–water partition coefficient (Wildman–Crippen LogP) is 2.30. The molecule has 5 nitrogen and oxygen atoms in total. The normalized spacial score (nSPS) is 13.7. The summed E-state index contributed by atoms with van der Waals surface area (Å²) in [6.45, 7) is 2.68. The van der Waals surface area contributed by atoms with Gasteiger partial charge in [-0.25, -0.2) is 4.98 Å². The predicted molar refractivity (Wildman–Crippen MR) is 81.3 cm³/mol. The summed E-state index contributed by atoms with van der Waals surface area (Å²) in [4.78, 5) is 30.8. The molecule has 1 N–H and O–H groups in total. The average molecular weight is 301 g/mol. The van der Waals surface area contributed by atoms with E-state index in [1.165, 1.54) is 18.3 Å². The van der Waals surface area contributed by atoms with Gasteiger partial charge in [-0.05, 0) is 12.1 Å². The maximum atomic E-state index is 12.4. The number of carbonyl (C=O) groups is 2. The molecule has 2 amide bonds. The largest absolute Gasteiger partial charge is 0.333 e. The standard InChI is InChI=1S/C15H15N3O2S/c1-10(19)16-15-17-12-7-8-18(9-13(12)21-15)14(20)11-5-3-2-4-6-11/h2-6H,7-9H2,1H3,(H,16,17,19). The van der Waals surface area contributed by atoms with Crippen LogP contribution in [0.5, 0.6) is 0 Å². The lowest BCUT2D eigenvalue weighted by atomic mass is 10.1. The van der Waals surface area contributed by atoms with Gasteiger partial charge in [-0.2, -0.15) is 0 Å². The van der Waals surface area contributed by atoms with E-state index in [9.17, 15) is 9.59 Å². The number of amides is 2. The van der Waals surface area contributed by atoms with Gasteiger partial charge in [0.1, 0.15) is 0 Å². The Morgan fingerprint density at radius 1 is 1.29 bits per heavy atom. The summed E-state index contributed by atoms with van der Waals surface area (Å²) in [6, 6.07) is 9.28. The number of fused-ring (bicyclic) bond motifs is 1. The molecule has 0 saturated heterocycles. The number of hydrogen-bond acceptors (Lipinski definition) is 4. The molecule has 0 atom stereocenters. The molecule has 0 saturated carbocycles. The van der Waals surface area contributed by atoms with E-state index < -0.39 is 0 Å². The first kappa shape index (κ1) is 13.8. The minimum atomic E-state index is -0.127. The fourth-order valence-corrected chi connectivity index (χ4v) is 3.41. The second kappa shape index (κ2) is 5.65. The first-order valence-electron chi connectivity index (χ1n) is 6.74. The summed E-state index contributed by atoms with van der Waals surface area (Å²) < 4.78 is 0. The summed E-state index contributed by atoms with van der Waals surface area (Å²) in [5.74, 6) is -0.0888. The number of carbonyl (C=O) groups excluding carboxylic acids is 2. The van der Waals surface area contributed by atoms with Crippen molar-refractivity contribution < 1.29 is 9.59 Å². The maximum Gasteiger partial charge on any atom is 0.254 e. The van der Waals surface area contributed by atoms with Crippen molar-refractivity contribution in [3.8, 4) is 0 Å². The van der Waals surface area contributed by atoms with Crippen LogP contribution in [-0.4, -0.2) is 28.2 Å². The SMILES string of the molecule is CC(=O)Nc1nc2c(s1)CN(C(=O)c1ccccc1)CC2. The van der Waals surface area contributed by atoms with Crippen LogP contribution in [0.4, 0.5) is 5.13 Å². The first-order valence-corrected chi connectivity index (χ1v) is 7.55. The van der Waals surface area contributed by atoms with E-state index in [1.807, 2.05) is 35.2 Å².